The summed E-state index contributed by atoms with van der Waals surface area (Å²) in [6, 6.07) is 8.30. The quantitative estimate of drug-likeness (QED) is 0.840. The predicted molar refractivity (Wildman–Crippen MR) is 80.6 cm³/mol. The van der Waals surface area contributed by atoms with Crippen molar-refractivity contribution in [2.24, 2.45) is 0 Å². The second kappa shape index (κ2) is 6.52. The molecule has 0 spiro atoms. The van der Waals surface area contributed by atoms with Crippen LogP contribution in [0.5, 0.6) is 0 Å². The van der Waals surface area contributed by atoms with E-state index in [-0.39, 0.29) is 5.91 Å². The lowest BCUT2D eigenvalue weighted by atomic mass is 10.1. The minimum absolute atomic E-state index is 0.0246. The zero-order valence-corrected chi connectivity index (χ0v) is 12.3. The molecule has 20 heavy (non-hydrogen) atoms. The van der Waals surface area contributed by atoms with Crippen LogP contribution in [0.1, 0.15) is 19.5 Å². The van der Waals surface area contributed by atoms with Crippen LogP contribution in [0, 0.1) is 0 Å². The fraction of sp³-hybridized carbons (Fsp3) is 0.467. The zero-order valence-electron chi connectivity index (χ0n) is 12.3. The SMILES string of the molecule is CC(C)N(C)CCNC(=O)Cc1[nH]nc2ccccc12. The lowest BCUT2D eigenvalue weighted by Gasteiger charge is -2.20. The van der Waals surface area contributed by atoms with Gasteiger partial charge in [-0.05, 0) is 27.0 Å². The first-order valence-electron chi connectivity index (χ1n) is 6.97. The molecule has 0 saturated heterocycles. The molecule has 5 nitrogen and oxygen atoms in total. The van der Waals surface area contributed by atoms with Crippen molar-refractivity contribution < 1.29 is 4.79 Å². The van der Waals surface area contributed by atoms with Crippen molar-refractivity contribution in [2.45, 2.75) is 26.3 Å². The second-order valence-electron chi connectivity index (χ2n) is 5.32. The third-order valence-corrected chi connectivity index (χ3v) is 3.55. The molecular weight excluding hydrogens is 252 g/mol. The summed E-state index contributed by atoms with van der Waals surface area (Å²) in [6.07, 6.45) is 0.339. The van der Waals surface area contributed by atoms with Gasteiger partial charge < -0.3 is 10.2 Å². The first-order valence-corrected chi connectivity index (χ1v) is 6.97. The maximum Gasteiger partial charge on any atom is 0.226 e. The van der Waals surface area contributed by atoms with Crippen LogP contribution in [0.2, 0.25) is 0 Å². The van der Waals surface area contributed by atoms with Crippen LogP contribution in [0.25, 0.3) is 10.9 Å². The van der Waals surface area contributed by atoms with E-state index in [1.54, 1.807) is 0 Å². The average Bonchev–Trinajstić information content (AvgIpc) is 2.82. The molecule has 1 aromatic carbocycles. The Hall–Kier alpha value is -1.88. The number of rotatable bonds is 6. The van der Waals surface area contributed by atoms with Crippen LogP contribution in [0.15, 0.2) is 24.3 Å². The van der Waals surface area contributed by atoms with Crippen molar-refractivity contribution in [3.63, 3.8) is 0 Å². The number of hydrogen-bond donors (Lipinski definition) is 2. The van der Waals surface area contributed by atoms with Crippen molar-refractivity contribution in [2.75, 3.05) is 20.1 Å². The van der Waals surface area contributed by atoms with Crippen molar-refractivity contribution in [1.82, 2.24) is 20.4 Å². The Labute approximate surface area is 119 Å². The molecule has 0 unspecified atom stereocenters. The Kier molecular flexibility index (Phi) is 4.74. The molecule has 108 valence electrons. The smallest absolute Gasteiger partial charge is 0.226 e. The topological polar surface area (TPSA) is 61.0 Å². The molecule has 0 atom stereocenters. The molecule has 1 aromatic heterocycles. The van der Waals surface area contributed by atoms with Crippen LogP contribution in [0.4, 0.5) is 0 Å². The van der Waals surface area contributed by atoms with E-state index in [4.69, 9.17) is 0 Å². The molecule has 1 amide bonds. The number of hydrogen-bond acceptors (Lipinski definition) is 3. The Bertz CT molecular complexity index is 576. The third-order valence-electron chi connectivity index (χ3n) is 3.55. The number of H-pyrrole nitrogens is 1. The van der Waals surface area contributed by atoms with Gasteiger partial charge in [-0.25, -0.2) is 0 Å². The fourth-order valence-corrected chi connectivity index (χ4v) is 2.00. The normalized spacial score (nSPS) is 11.4. The Morgan fingerprint density at radius 1 is 1.40 bits per heavy atom. The molecule has 2 N–H and O–H groups in total. The van der Waals surface area contributed by atoms with E-state index in [0.29, 0.717) is 19.0 Å². The van der Waals surface area contributed by atoms with Crippen LogP contribution >= 0.6 is 0 Å². The van der Waals surface area contributed by atoms with Gasteiger partial charge in [0.05, 0.1) is 17.6 Å². The first-order chi connectivity index (χ1) is 9.58. The molecule has 0 fully saturated rings. The van der Waals surface area contributed by atoms with Gasteiger partial charge in [-0.3, -0.25) is 9.89 Å². The lowest BCUT2D eigenvalue weighted by Crippen LogP contribution is -2.36. The number of carbonyl (C=O) groups excluding carboxylic acids is 1. The average molecular weight is 274 g/mol. The van der Waals surface area contributed by atoms with E-state index in [1.807, 2.05) is 24.3 Å². The number of aromatic amines is 1. The van der Waals surface area contributed by atoms with Gasteiger partial charge in [0.1, 0.15) is 0 Å². The van der Waals surface area contributed by atoms with Gasteiger partial charge in [0.15, 0.2) is 0 Å². The minimum atomic E-state index is 0.0246. The highest BCUT2D eigenvalue weighted by atomic mass is 16.1. The number of amides is 1. The molecule has 0 aliphatic heterocycles. The van der Waals surface area contributed by atoms with Crippen molar-refractivity contribution in [3.8, 4) is 0 Å². The van der Waals surface area contributed by atoms with E-state index in [9.17, 15) is 4.79 Å². The molecule has 0 aliphatic carbocycles. The van der Waals surface area contributed by atoms with E-state index < -0.39 is 0 Å². The fourth-order valence-electron chi connectivity index (χ4n) is 2.00. The number of aromatic nitrogens is 2. The third kappa shape index (κ3) is 3.57. The highest BCUT2D eigenvalue weighted by molar-refractivity contribution is 5.87. The minimum Gasteiger partial charge on any atom is -0.354 e. The number of fused-ring (bicyclic) bond motifs is 1. The molecule has 0 bridgehead atoms. The molecular formula is C15H22N4O. The number of para-hydroxylation sites is 1. The molecule has 0 saturated carbocycles. The van der Waals surface area contributed by atoms with Crippen LogP contribution in [-0.4, -0.2) is 47.2 Å². The van der Waals surface area contributed by atoms with Gasteiger partial charge >= 0.3 is 0 Å². The number of carbonyl (C=O) groups is 1. The second-order valence-corrected chi connectivity index (χ2v) is 5.32. The first kappa shape index (κ1) is 14.5. The summed E-state index contributed by atoms with van der Waals surface area (Å²) in [5.74, 6) is 0.0246. The van der Waals surface area contributed by atoms with Gasteiger partial charge in [-0.15, -0.1) is 0 Å². The predicted octanol–water partition coefficient (Wildman–Crippen LogP) is 1.56. The van der Waals surface area contributed by atoms with Gasteiger partial charge in [0, 0.05) is 24.5 Å². The van der Waals surface area contributed by atoms with Gasteiger partial charge in [0.25, 0.3) is 0 Å². The summed E-state index contributed by atoms with van der Waals surface area (Å²) in [7, 11) is 2.05. The van der Waals surface area contributed by atoms with Crippen molar-refractivity contribution in [3.05, 3.63) is 30.0 Å². The largest absolute Gasteiger partial charge is 0.354 e. The van der Waals surface area contributed by atoms with Gasteiger partial charge in [-0.1, -0.05) is 18.2 Å². The lowest BCUT2D eigenvalue weighted by molar-refractivity contribution is -0.120. The summed E-state index contributed by atoms with van der Waals surface area (Å²) < 4.78 is 0. The number of benzene rings is 1. The molecule has 1 heterocycles. The Morgan fingerprint density at radius 3 is 2.90 bits per heavy atom. The Morgan fingerprint density at radius 2 is 2.15 bits per heavy atom. The summed E-state index contributed by atoms with van der Waals surface area (Å²) >= 11 is 0. The molecule has 2 aromatic rings. The van der Waals surface area contributed by atoms with Crippen molar-refractivity contribution in [1.29, 1.82) is 0 Å². The standard InChI is InChI=1S/C15H22N4O/c1-11(2)19(3)9-8-16-15(20)10-14-12-6-4-5-7-13(12)17-18-14/h4-7,11H,8-10H2,1-3H3,(H,16,20)(H,17,18). The highest BCUT2D eigenvalue weighted by Crippen LogP contribution is 2.15. The molecule has 0 radical (unpaired) electrons. The highest BCUT2D eigenvalue weighted by Gasteiger charge is 2.10. The van der Waals surface area contributed by atoms with E-state index in [1.165, 1.54) is 0 Å². The molecule has 5 heteroatoms. The monoisotopic (exact) mass is 274 g/mol. The van der Waals surface area contributed by atoms with Crippen LogP contribution in [0.3, 0.4) is 0 Å². The van der Waals surface area contributed by atoms with E-state index >= 15 is 0 Å². The number of nitrogens with zero attached hydrogens (tertiary/aromatic N) is 2. The maximum absolute atomic E-state index is 11.9. The number of likely N-dealkylation sites (N-methyl/N-ethyl adjacent to an activating group) is 1. The zero-order chi connectivity index (χ0) is 14.5. The Balaban J connectivity index is 1.86. The summed E-state index contributed by atoms with van der Waals surface area (Å²) in [6.45, 7) is 5.80. The number of nitrogens with one attached hydrogen (secondary N) is 2. The van der Waals surface area contributed by atoms with Crippen molar-refractivity contribution >= 4 is 16.8 Å². The summed E-state index contributed by atoms with van der Waals surface area (Å²) in [5.41, 5.74) is 1.77. The van der Waals surface area contributed by atoms with E-state index in [2.05, 4.69) is 41.3 Å². The summed E-state index contributed by atoms with van der Waals surface area (Å²) in [4.78, 5) is 14.1. The molecule has 0 aliphatic rings. The van der Waals surface area contributed by atoms with Crippen LogP contribution < -0.4 is 5.32 Å². The van der Waals surface area contributed by atoms with Gasteiger partial charge in [-0.2, -0.15) is 5.10 Å². The maximum atomic E-state index is 11.9. The van der Waals surface area contributed by atoms with E-state index in [0.717, 1.165) is 23.1 Å². The van der Waals surface area contributed by atoms with Gasteiger partial charge in [0.2, 0.25) is 5.91 Å². The summed E-state index contributed by atoms with van der Waals surface area (Å²) in [5, 5.41) is 11.1. The molecule has 2 rings (SSSR count). The van der Waals surface area contributed by atoms with Crippen LogP contribution in [-0.2, 0) is 11.2 Å².